The van der Waals surface area contributed by atoms with Crippen LogP contribution in [0.5, 0.6) is 11.5 Å². The van der Waals surface area contributed by atoms with E-state index in [4.69, 9.17) is 14.5 Å². The summed E-state index contributed by atoms with van der Waals surface area (Å²) in [6, 6.07) is 16.7. The monoisotopic (exact) mass is 462 g/mol. The number of ether oxygens (including phenoxy) is 2. The highest BCUT2D eigenvalue weighted by atomic mass is 32.1. The molecule has 7 nitrogen and oxygen atoms in total. The third-order valence-electron chi connectivity index (χ3n) is 4.70. The topological polar surface area (TPSA) is 78.3 Å². The maximum absolute atomic E-state index is 12.8. The van der Waals surface area contributed by atoms with Crippen molar-refractivity contribution in [2.75, 3.05) is 11.9 Å². The van der Waals surface area contributed by atoms with E-state index in [0.717, 1.165) is 28.5 Å². The van der Waals surface area contributed by atoms with Gasteiger partial charge in [0.15, 0.2) is 0 Å². The highest BCUT2D eigenvalue weighted by Crippen LogP contribution is 2.28. The summed E-state index contributed by atoms with van der Waals surface area (Å²) in [7, 11) is 0. The quantitative estimate of drug-likeness (QED) is 0.361. The molecular weight excluding hydrogens is 436 g/mol. The first-order valence-electron chi connectivity index (χ1n) is 10.8. The molecule has 33 heavy (non-hydrogen) atoms. The molecule has 0 atom stereocenters. The average Bonchev–Trinajstić information content (AvgIpc) is 3.41. The Morgan fingerprint density at radius 1 is 1.09 bits per heavy atom. The Morgan fingerprint density at radius 2 is 1.79 bits per heavy atom. The van der Waals surface area contributed by atoms with Crippen molar-refractivity contribution in [3.05, 3.63) is 71.2 Å². The van der Waals surface area contributed by atoms with Crippen LogP contribution in [0.2, 0.25) is 0 Å². The summed E-state index contributed by atoms with van der Waals surface area (Å²) >= 11 is 1.46. The standard InChI is InChI=1S/C25H26N4O3S/c1-5-31-20-10-6-18(7-11-20)22-15-33-25(26-22)29-23(14-17(4)28-29)27-24(30)19-8-12-21(13-9-19)32-16(2)3/h6-16H,5H2,1-4H3,(H,27,30). The van der Waals surface area contributed by atoms with Crippen molar-refractivity contribution < 1.29 is 14.3 Å². The van der Waals surface area contributed by atoms with Crippen molar-refractivity contribution in [1.29, 1.82) is 0 Å². The van der Waals surface area contributed by atoms with Crippen LogP contribution >= 0.6 is 11.3 Å². The van der Waals surface area contributed by atoms with Gasteiger partial charge in [-0.3, -0.25) is 4.79 Å². The van der Waals surface area contributed by atoms with Crippen molar-refractivity contribution >= 4 is 23.1 Å². The molecule has 4 rings (SSSR count). The third-order valence-corrected chi connectivity index (χ3v) is 5.51. The Balaban J connectivity index is 1.52. The number of carbonyl (C=O) groups excluding carboxylic acids is 1. The SMILES string of the molecule is CCOc1ccc(-c2csc(-n3nc(C)cc3NC(=O)c3ccc(OC(C)C)cc3)n2)cc1. The fourth-order valence-corrected chi connectivity index (χ4v) is 4.06. The summed E-state index contributed by atoms with van der Waals surface area (Å²) in [6.45, 7) is 8.39. The summed E-state index contributed by atoms with van der Waals surface area (Å²) in [5.41, 5.74) is 3.14. The molecule has 0 unspecified atom stereocenters. The van der Waals surface area contributed by atoms with Crippen molar-refractivity contribution in [3.63, 3.8) is 0 Å². The Hall–Kier alpha value is -3.65. The first kappa shape index (κ1) is 22.5. The van der Waals surface area contributed by atoms with Crippen molar-refractivity contribution in [2.45, 2.75) is 33.8 Å². The number of aromatic nitrogens is 3. The van der Waals surface area contributed by atoms with E-state index in [1.54, 1.807) is 28.9 Å². The predicted molar refractivity (Wildman–Crippen MR) is 131 cm³/mol. The number of nitrogens with one attached hydrogen (secondary N) is 1. The second kappa shape index (κ2) is 9.87. The van der Waals surface area contributed by atoms with Gasteiger partial charge < -0.3 is 14.8 Å². The van der Waals surface area contributed by atoms with E-state index in [1.165, 1.54) is 11.3 Å². The van der Waals surface area contributed by atoms with Crippen LogP contribution in [0.15, 0.2) is 60.0 Å². The summed E-state index contributed by atoms with van der Waals surface area (Å²) in [6.07, 6.45) is 0.0767. The molecule has 8 heteroatoms. The lowest BCUT2D eigenvalue weighted by molar-refractivity contribution is 0.102. The second-order valence-corrected chi connectivity index (χ2v) is 8.54. The first-order valence-corrected chi connectivity index (χ1v) is 11.6. The number of hydrogen-bond donors (Lipinski definition) is 1. The molecule has 0 aliphatic rings. The smallest absolute Gasteiger partial charge is 0.256 e. The molecule has 0 radical (unpaired) electrons. The maximum atomic E-state index is 12.8. The lowest BCUT2D eigenvalue weighted by Gasteiger charge is -2.10. The molecule has 1 amide bonds. The van der Waals surface area contributed by atoms with Gasteiger partial charge in [0.2, 0.25) is 5.13 Å². The number of anilines is 1. The summed E-state index contributed by atoms with van der Waals surface area (Å²) in [4.78, 5) is 17.6. The van der Waals surface area contributed by atoms with E-state index in [9.17, 15) is 4.79 Å². The summed E-state index contributed by atoms with van der Waals surface area (Å²) in [5.74, 6) is 1.89. The van der Waals surface area contributed by atoms with E-state index in [1.807, 2.05) is 63.4 Å². The number of hydrogen-bond acceptors (Lipinski definition) is 6. The normalized spacial score (nSPS) is 10.9. The highest BCUT2D eigenvalue weighted by Gasteiger charge is 2.16. The zero-order valence-corrected chi connectivity index (χ0v) is 19.8. The van der Waals surface area contributed by atoms with Crippen LogP contribution in [0, 0.1) is 6.92 Å². The molecule has 1 N–H and O–H groups in total. The Bertz CT molecular complexity index is 1230. The van der Waals surface area contributed by atoms with Gasteiger partial charge in [-0.05, 0) is 76.2 Å². The van der Waals surface area contributed by atoms with E-state index < -0.39 is 0 Å². The van der Waals surface area contributed by atoms with Gasteiger partial charge >= 0.3 is 0 Å². The fraction of sp³-hybridized carbons (Fsp3) is 0.240. The molecule has 2 aromatic heterocycles. The molecule has 0 aliphatic heterocycles. The lowest BCUT2D eigenvalue weighted by Crippen LogP contribution is -2.15. The molecule has 0 saturated heterocycles. The molecular formula is C25H26N4O3S. The van der Waals surface area contributed by atoms with Crippen LogP contribution in [0.4, 0.5) is 5.82 Å². The summed E-state index contributed by atoms with van der Waals surface area (Å²) in [5, 5.41) is 10.1. The molecule has 170 valence electrons. The number of thiazole rings is 1. The van der Waals surface area contributed by atoms with Crippen molar-refractivity contribution in [2.24, 2.45) is 0 Å². The molecule has 0 fully saturated rings. The lowest BCUT2D eigenvalue weighted by atomic mass is 10.2. The largest absolute Gasteiger partial charge is 0.494 e. The van der Waals surface area contributed by atoms with Gasteiger partial charge in [-0.15, -0.1) is 11.3 Å². The van der Waals surface area contributed by atoms with E-state index in [-0.39, 0.29) is 12.0 Å². The molecule has 2 aromatic carbocycles. The molecule has 4 aromatic rings. The third kappa shape index (κ3) is 5.40. The van der Waals surface area contributed by atoms with Gasteiger partial charge in [0.25, 0.3) is 5.91 Å². The molecule has 0 saturated carbocycles. The predicted octanol–water partition coefficient (Wildman–Crippen LogP) is 5.74. The van der Waals surface area contributed by atoms with Gasteiger partial charge in [0.05, 0.1) is 24.1 Å². The van der Waals surface area contributed by atoms with Gasteiger partial charge in [-0.2, -0.15) is 9.78 Å². The van der Waals surface area contributed by atoms with Crippen LogP contribution in [-0.2, 0) is 0 Å². The number of nitrogens with zero attached hydrogens (tertiary/aromatic N) is 3. The molecule has 0 bridgehead atoms. The average molecular weight is 463 g/mol. The van der Waals surface area contributed by atoms with Gasteiger partial charge in [0.1, 0.15) is 17.3 Å². The van der Waals surface area contributed by atoms with E-state index in [2.05, 4.69) is 10.4 Å². The minimum absolute atomic E-state index is 0.0767. The minimum atomic E-state index is -0.226. The van der Waals surface area contributed by atoms with E-state index in [0.29, 0.717) is 23.1 Å². The van der Waals surface area contributed by atoms with Crippen LogP contribution in [0.1, 0.15) is 36.8 Å². The van der Waals surface area contributed by atoms with E-state index >= 15 is 0 Å². The maximum Gasteiger partial charge on any atom is 0.256 e. The van der Waals surface area contributed by atoms with Crippen LogP contribution in [-0.4, -0.2) is 33.4 Å². The zero-order valence-electron chi connectivity index (χ0n) is 19.0. The Kier molecular flexibility index (Phi) is 6.74. The molecule has 2 heterocycles. The van der Waals surface area contributed by atoms with Gasteiger partial charge in [-0.25, -0.2) is 4.98 Å². The number of carbonyl (C=O) groups is 1. The molecule has 0 aliphatic carbocycles. The van der Waals surface area contributed by atoms with Crippen molar-refractivity contribution in [1.82, 2.24) is 14.8 Å². The fourth-order valence-electron chi connectivity index (χ4n) is 3.26. The van der Waals surface area contributed by atoms with Gasteiger partial charge in [-0.1, -0.05) is 0 Å². The number of benzene rings is 2. The molecule has 0 spiro atoms. The van der Waals surface area contributed by atoms with Crippen molar-refractivity contribution in [3.8, 4) is 27.9 Å². The number of rotatable bonds is 8. The van der Waals surface area contributed by atoms with Crippen LogP contribution in [0.25, 0.3) is 16.4 Å². The number of amides is 1. The Morgan fingerprint density at radius 3 is 2.45 bits per heavy atom. The van der Waals surface area contributed by atoms with Gasteiger partial charge in [0, 0.05) is 22.6 Å². The number of aryl methyl sites for hydroxylation is 1. The Labute approximate surface area is 197 Å². The zero-order chi connectivity index (χ0) is 23.4. The summed E-state index contributed by atoms with van der Waals surface area (Å²) < 4.78 is 12.8. The van der Waals surface area contributed by atoms with Crippen LogP contribution in [0.3, 0.4) is 0 Å². The van der Waals surface area contributed by atoms with Crippen LogP contribution < -0.4 is 14.8 Å². The minimum Gasteiger partial charge on any atom is -0.494 e. The highest BCUT2D eigenvalue weighted by molar-refractivity contribution is 7.12. The second-order valence-electron chi connectivity index (χ2n) is 7.70. The first-order chi connectivity index (χ1) is 15.9.